The van der Waals surface area contributed by atoms with Gasteiger partial charge >= 0.3 is 0 Å². The Morgan fingerprint density at radius 1 is 1.42 bits per heavy atom. The topological polar surface area (TPSA) is 69.6 Å². The monoisotopic (exact) mass is 306 g/mol. The lowest BCUT2D eigenvalue weighted by Crippen LogP contribution is -2.24. The third-order valence-electron chi connectivity index (χ3n) is 2.67. The summed E-state index contributed by atoms with van der Waals surface area (Å²) in [6.45, 7) is 2.02. The number of aliphatic hydroxyl groups excluding tert-OH is 1. The van der Waals surface area contributed by atoms with Gasteiger partial charge in [-0.05, 0) is 24.6 Å². The highest BCUT2D eigenvalue weighted by atomic mass is 35.5. The van der Waals surface area contributed by atoms with Gasteiger partial charge in [0, 0.05) is 26.3 Å². The largest absolute Gasteiger partial charge is 0.390 e. The van der Waals surface area contributed by atoms with Crippen LogP contribution in [0.15, 0.2) is 23.1 Å². The molecule has 1 unspecified atom stereocenters. The first-order chi connectivity index (χ1) is 8.78. The first kappa shape index (κ1) is 16.2. The number of benzene rings is 1. The van der Waals surface area contributed by atoms with E-state index in [4.69, 9.17) is 11.6 Å². The van der Waals surface area contributed by atoms with Crippen molar-refractivity contribution < 1.29 is 13.5 Å². The first-order valence-electron chi connectivity index (χ1n) is 5.80. The van der Waals surface area contributed by atoms with Crippen LogP contribution in [-0.2, 0) is 10.0 Å². The molecule has 0 saturated heterocycles. The number of alkyl halides is 1. The van der Waals surface area contributed by atoms with Crippen molar-refractivity contribution in [3.63, 3.8) is 0 Å². The van der Waals surface area contributed by atoms with Gasteiger partial charge in [-0.15, -0.1) is 11.6 Å². The van der Waals surface area contributed by atoms with Gasteiger partial charge in [0.2, 0.25) is 10.0 Å². The zero-order valence-electron chi connectivity index (χ0n) is 11.2. The maximum Gasteiger partial charge on any atom is 0.242 e. The summed E-state index contributed by atoms with van der Waals surface area (Å²) in [6.07, 6.45) is -0.670. The molecule has 1 aromatic carbocycles. The Kier molecular flexibility index (Phi) is 5.61. The summed E-state index contributed by atoms with van der Waals surface area (Å²) in [5, 5.41) is 12.3. The van der Waals surface area contributed by atoms with Crippen molar-refractivity contribution in [3.05, 3.63) is 23.8 Å². The van der Waals surface area contributed by atoms with Gasteiger partial charge in [0.15, 0.2) is 0 Å². The molecule has 0 saturated carbocycles. The van der Waals surface area contributed by atoms with Gasteiger partial charge in [-0.3, -0.25) is 0 Å². The van der Waals surface area contributed by atoms with Crippen LogP contribution in [0.5, 0.6) is 0 Å². The quantitative estimate of drug-likeness (QED) is 0.776. The van der Waals surface area contributed by atoms with E-state index in [1.165, 1.54) is 18.4 Å². The lowest BCUT2D eigenvalue weighted by Gasteiger charge is -2.16. The SMILES string of the molecule is Cc1ccc(NCC(O)CCl)cc1S(=O)(=O)N(C)C. The number of aryl methyl sites for hydroxylation is 1. The molecular formula is C12H19ClN2O3S. The van der Waals surface area contributed by atoms with Crippen LogP contribution in [0.2, 0.25) is 0 Å². The highest BCUT2D eigenvalue weighted by molar-refractivity contribution is 7.89. The molecule has 0 radical (unpaired) electrons. The molecule has 0 aliphatic heterocycles. The van der Waals surface area contributed by atoms with E-state index in [1.807, 2.05) is 0 Å². The Bertz CT molecular complexity index is 532. The third-order valence-corrected chi connectivity index (χ3v) is 4.98. The second-order valence-corrected chi connectivity index (χ2v) is 6.89. The van der Waals surface area contributed by atoms with E-state index in [1.54, 1.807) is 25.1 Å². The molecule has 1 rings (SSSR count). The Balaban J connectivity index is 3.02. The average Bonchev–Trinajstić information content (AvgIpc) is 2.36. The number of rotatable bonds is 6. The Hall–Kier alpha value is -0.820. The van der Waals surface area contributed by atoms with Gasteiger partial charge in [0.05, 0.1) is 16.9 Å². The van der Waals surface area contributed by atoms with Crippen molar-refractivity contribution in [1.82, 2.24) is 4.31 Å². The molecule has 0 amide bonds. The molecule has 2 N–H and O–H groups in total. The van der Waals surface area contributed by atoms with Crippen LogP contribution in [0, 0.1) is 6.92 Å². The van der Waals surface area contributed by atoms with Crippen molar-refractivity contribution in [1.29, 1.82) is 0 Å². The minimum atomic E-state index is -3.47. The second kappa shape index (κ2) is 6.56. The van der Waals surface area contributed by atoms with Crippen LogP contribution >= 0.6 is 11.6 Å². The van der Waals surface area contributed by atoms with Crippen LogP contribution in [0.25, 0.3) is 0 Å². The summed E-state index contributed by atoms with van der Waals surface area (Å²) in [4.78, 5) is 0.253. The zero-order valence-corrected chi connectivity index (χ0v) is 12.8. The zero-order chi connectivity index (χ0) is 14.6. The number of nitrogens with zero attached hydrogens (tertiary/aromatic N) is 1. The van der Waals surface area contributed by atoms with Gasteiger partial charge in [0.1, 0.15) is 0 Å². The number of hydrogen-bond donors (Lipinski definition) is 2. The normalized spacial score (nSPS) is 13.6. The molecule has 0 bridgehead atoms. The summed E-state index contributed by atoms with van der Waals surface area (Å²) in [7, 11) is -0.485. The fourth-order valence-corrected chi connectivity index (χ4v) is 2.73. The average molecular weight is 307 g/mol. The van der Waals surface area contributed by atoms with Crippen LogP contribution in [0.3, 0.4) is 0 Å². The maximum atomic E-state index is 12.1. The van der Waals surface area contributed by atoms with Crippen molar-refractivity contribution in [3.8, 4) is 0 Å². The molecule has 1 aromatic rings. The first-order valence-corrected chi connectivity index (χ1v) is 7.77. The number of nitrogens with one attached hydrogen (secondary N) is 1. The van der Waals surface area contributed by atoms with Gasteiger partial charge in [-0.1, -0.05) is 6.07 Å². The van der Waals surface area contributed by atoms with Gasteiger partial charge in [-0.2, -0.15) is 0 Å². The molecule has 0 spiro atoms. The summed E-state index contributed by atoms with van der Waals surface area (Å²) in [6, 6.07) is 5.06. The number of hydrogen-bond acceptors (Lipinski definition) is 4. The highest BCUT2D eigenvalue weighted by Gasteiger charge is 2.20. The van der Waals surface area contributed by atoms with Crippen LogP contribution < -0.4 is 5.32 Å². The van der Waals surface area contributed by atoms with Crippen molar-refractivity contribution in [2.24, 2.45) is 0 Å². The Morgan fingerprint density at radius 2 is 2.05 bits per heavy atom. The van der Waals surface area contributed by atoms with Crippen LogP contribution in [0.1, 0.15) is 5.56 Å². The van der Waals surface area contributed by atoms with Crippen molar-refractivity contribution in [2.75, 3.05) is 31.8 Å². The van der Waals surface area contributed by atoms with E-state index in [-0.39, 0.29) is 17.3 Å². The van der Waals surface area contributed by atoms with Gasteiger partial charge < -0.3 is 10.4 Å². The number of sulfonamides is 1. The smallest absolute Gasteiger partial charge is 0.242 e. The van der Waals surface area contributed by atoms with E-state index in [2.05, 4.69) is 5.32 Å². The molecule has 0 heterocycles. The lowest BCUT2D eigenvalue weighted by molar-refractivity contribution is 0.211. The number of halogens is 1. The van der Waals surface area contributed by atoms with Crippen LogP contribution in [-0.4, -0.2) is 50.5 Å². The summed E-state index contributed by atoms with van der Waals surface area (Å²) in [5.74, 6) is 0.127. The number of aliphatic hydroxyl groups is 1. The minimum absolute atomic E-state index is 0.127. The van der Waals surface area contributed by atoms with E-state index in [0.29, 0.717) is 11.3 Å². The lowest BCUT2D eigenvalue weighted by atomic mass is 10.2. The summed E-state index contributed by atoms with van der Waals surface area (Å²) in [5.41, 5.74) is 1.31. The predicted octanol–water partition coefficient (Wildman–Crippen LogP) is 1.26. The second-order valence-electron chi connectivity index (χ2n) is 4.46. The molecule has 1 atom stereocenters. The fourth-order valence-electron chi connectivity index (χ4n) is 1.47. The molecule has 0 aliphatic carbocycles. The van der Waals surface area contributed by atoms with Gasteiger partial charge in [-0.25, -0.2) is 12.7 Å². The molecule has 19 heavy (non-hydrogen) atoms. The number of anilines is 1. The standard InChI is InChI=1S/C12H19ClN2O3S/c1-9-4-5-10(14-8-11(16)7-13)6-12(9)19(17,18)15(2)3/h4-6,11,14,16H,7-8H2,1-3H3. The Morgan fingerprint density at radius 3 is 2.58 bits per heavy atom. The van der Waals surface area contributed by atoms with Crippen molar-refractivity contribution in [2.45, 2.75) is 17.9 Å². The molecule has 0 fully saturated rings. The maximum absolute atomic E-state index is 12.1. The Labute approximate surface area is 119 Å². The summed E-state index contributed by atoms with van der Waals surface area (Å²) < 4.78 is 25.4. The van der Waals surface area contributed by atoms with Gasteiger partial charge in [0.25, 0.3) is 0 Å². The van der Waals surface area contributed by atoms with Crippen LogP contribution in [0.4, 0.5) is 5.69 Å². The van der Waals surface area contributed by atoms with E-state index < -0.39 is 16.1 Å². The van der Waals surface area contributed by atoms with E-state index in [9.17, 15) is 13.5 Å². The predicted molar refractivity (Wildman–Crippen MR) is 77.3 cm³/mol. The fraction of sp³-hybridized carbons (Fsp3) is 0.500. The molecule has 7 heteroatoms. The molecule has 108 valence electrons. The summed E-state index contributed by atoms with van der Waals surface area (Å²) >= 11 is 5.50. The minimum Gasteiger partial charge on any atom is -0.390 e. The third kappa shape index (κ3) is 4.07. The molecule has 0 aromatic heterocycles. The molecule has 5 nitrogen and oxygen atoms in total. The highest BCUT2D eigenvalue weighted by Crippen LogP contribution is 2.22. The molecule has 0 aliphatic rings. The van der Waals surface area contributed by atoms with Crippen molar-refractivity contribution >= 4 is 27.3 Å². The molecular weight excluding hydrogens is 288 g/mol. The van der Waals surface area contributed by atoms with E-state index >= 15 is 0 Å². The van der Waals surface area contributed by atoms with E-state index in [0.717, 1.165) is 0 Å².